The number of nitrogens with zero attached hydrogens (tertiary/aromatic N) is 4. The van der Waals surface area contributed by atoms with Crippen molar-refractivity contribution in [2.45, 2.75) is 37.0 Å². The van der Waals surface area contributed by atoms with Crippen molar-refractivity contribution in [1.82, 2.24) is 10.0 Å². The van der Waals surface area contributed by atoms with Gasteiger partial charge in [0.1, 0.15) is 22.3 Å². The van der Waals surface area contributed by atoms with E-state index < -0.39 is 0 Å². The van der Waals surface area contributed by atoms with E-state index in [-0.39, 0.29) is 4.87 Å². The Morgan fingerprint density at radius 3 is 2.84 bits per heavy atom. The predicted octanol–water partition coefficient (Wildman–Crippen LogP) is 4.87. The molecule has 1 aromatic rings. The molecule has 1 aliphatic carbocycles. The third-order valence-electron chi connectivity index (χ3n) is 4.81. The van der Waals surface area contributed by atoms with Crippen molar-refractivity contribution in [2.24, 2.45) is 10.2 Å². The van der Waals surface area contributed by atoms with Gasteiger partial charge in [-0.15, -0.1) is 5.10 Å². The Bertz CT molecular complexity index is 804. The highest BCUT2D eigenvalue weighted by atomic mass is 35.5. The first-order chi connectivity index (χ1) is 12.3. The standard InChI is InChI=1S/C17H17ClN4OS2/c18-12-6-2-3-7-13(12)23-10-14-19-21-15-11-24-17(8-4-1-5-9-17)22(15)20-16(21)25-14/h2-3,6-7,11H,1,4-5,8-10H2. The van der Waals surface area contributed by atoms with Gasteiger partial charge in [-0.05, 0) is 36.7 Å². The van der Waals surface area contributed by atoms with E-state index in [1.165, 1.54) is 32.1 Å². The van der Waals surface area contributed by atoms with E-state index in [4.69, 9.17) is 26.5 Å². The van der Waals surface area contributed by atoms with Crippen LogP contribution in [-0.4, -0.2) is 31.7 Å². The summed E-state index contributed by atoms with van der Waals surface area (Å²) in [5, 5.41) is 18.4. The number of rotatable bonds is 3. The second-order valence-corrected chi connectivity index (χ2v) is 9.10. The molecule has 0 saturated heterocycles. The van der Waals surface area contributed by atoms with Gasteiger partial charge in [-0.25, -0.2) is 5.01 Å². The van der Waals surface area contributed by atoms with Crippen LogP contribution in [0.3, 0.4) is 0 Å². The van der Waals surface area contributed by atoms with Crippen LogP contribution in [0.4, 0.5) is 0 Å². The minimum Gasteiger partial charge on any atom is -0.485 e. The third kappa shape index (κ3) is 2.64. The fourth-order valence-corrected chi connectivity index (χ4v) is 5.84. The summed E-state index contributed by atoms with van der Waals surface area (Å²) >= 11 is 9.62. The molecule has 5 rings (SSSR count). The second-order valence-electron chi connectivity index (χ2n) is 6.42. The lowest BCUT2D eigenvalue weighted by Crippen LogP contribution is -2.40. The molecule has 25 heavy (non-hydrogen) atoms. The van der Waals surface area contributed by atoms with Crippen LogP contribution in [0.25, 0.3) is 0 Å². The summed E-state index contributed by atoms with van der Waals surface area (Å²) in [5.41, 5.74) is 0. The number of halogens is 1. The number of thioether (sulfide) groups is 2. The minimum atomic E-state index is 0.120. The molecule has 130 valence electrons. The lowest BCUT2D eigenvalue weighted by atomic mass is 9.94. The Balaban J connectivity index is 1.29. The summed E-state index contributed by atoms with van der Waals surface area (Å²) in [6.07, 6.45) is 6.28. The maximum Gasteiger partial charge on any atom is 0.216 e. The number of hydrazone groups is 2. The largest absolute Gasteiger partial charge is 0.485 e. The molecule has 4 aliphatic rings. The first kappa shape index (κ1) is 15.9. The molecule has 3 heterocycles. The Morgan fingerprint density at radius 2 is 2.00 bits per heavy atom. The monoisotopic (exact) mass is 392 g/mol. The number of hydrogen-bond donors (Lipinski definition) is 0. The number of amidine groups is 1. The normalized spacial score (nSPS) is 23.3. The molecule has 3 aliphatic heterocycles. The van der Waals surface area contributed by atoms with Gasteiger partial charge in [-0.1, -0.05) is 54.8 Å². The summed E-state index contributed by atoms with van der Waals surface area (Å²) in [7, 11) is 0. The Morgan fingerprint density at radius 1 is 1.16 bits per heavy atom. The van der Waals surface area contributed by atoms with Crippen LogP contribution in [0, 0.1) is 0 Å². The molecule has 0 unspecified atom stereocenters. The molecule has 0 aromatic heterocycles. The van der Waals surface area contributed by atoms with Crippen LogP contribution in [0.15, 0.2) is 45.7 Å². The molecule has 1 fully saturated rings. The van der Waals surface area contributed by atoms with E-state index in [9.17, 15) is 0 Å². The lowest BCUT2D eigenvalue weighted by molar-refractivity contribution is 0.170. The van der Waals surface area contributed by atoms with Gasteiger partial charge >= 0.3 is 0 Å². The van der Waals surface area contributed by atoms with Crippen LogP contribution in [0.2, 0.25) is 5.02 Å². The molecular formula is C17H17ClN4OS2. The molecule has 0 radical (unpaired) electrons. The van der Waals surface area contributed by atoms with Gasteiger partial charge < -0.3 is 4.74 Å². The second kappa shape index (κ2) is 6.14. The topological polar surface area (TPSA) is 40.4 Å². The molecule has 1 spiro atoms. The number of para-hydroxylation sites is 1. The Hall–Kier alpha value is -1.31. The van der Waals surface area contributed by atoms with Gasteiger partial charge in [0.05, 0.1) is 5.02 Å². The number of benzene rings is 1. The summed E-state index contributed by atoms with van der Waals surface area (Å²) < 4.78 is 5.80. The molecule has 0 atom stereocenters. The zero-order chi connectivity index (χ0) is 16.9. The van der Waals surface area contributed by atoms with Crippen molar-refractivity contribution >= 4 is 45.3 Å². The Labute approximate surface area is 160 Å². The smallest absolute Gasteiger partial charge is 0.216 e. The number of hydrogen-bond acceptors (Lipinski definition) is 7. The van der Waals surface area contributed by atoms with E-state index in [2.05, 4.69) is 10.4 Å². The number of fused-ring (bicyclic) bond motifs is 4. The van der Waals surface area contributed by atoms with Gasteiger partial charge in [0.2, 0.25) is 5.17 Å². The predicted molar refractivity (Wildman–Crippen MR) is 105 cm³/mol. The minimum absolute atomic E-state index is 0.120. The van der Waals surface area contributed by atoms with Crippen molar-refractivity contribution < 1.29 is 4.74 Å². The molecule has 0 N–H and O–H groups in total. The van der Waals surface area contributed by atoms with Gasteiger partial charge in [-0.2, -0.15) is 10.1 Å². The van der Waals surface area contributed by atoms with Crippen molar-refractivity contribution in [1.29, 1.82) is 0 Å². The molecule has 8 heteroatoms. The lowest BCUT2D eigenvalue weighted by Gasteiger charge is -2.37. The van der Waals surface area contributed by atoms with Crippen molar-refractivity contribution in [3.8, 4) is 5.75 Å². The summed E-state index contributed by atoms with van der Waals surface area (Å²) in [5.74, 6) is 1.77. The fourth-order valence-electron chi connectivity index (χ4n) is 3.57. The van der Waals surface area contributed by atoms with E-state index in [0.717, 1.165) is 16.0 Å². The van der Waals surface area contributed by atoms with Crippen molar-refractivity contribution in [2.75, 3.05) is 6.61 Å². The maximum absolute atomic E-state index is 6.14. The SMILES string of the molecule is Clc1ccccc1OCC1=NN2C3=CSC4(CCCCC4)N3N=C2S1. The van der Waals surface area contributed by atoms with E-state index in [1.54, 1.807) is 11.8 Å². The first-order valence-corrected chi connectivity index (χ1v) is 10.5. The first-order valence-electron chi connectivity index (χ1n) is 8.45. The molecule has 1 aromatic carbocycles. The van der Waals surface area contributed by atoms with Crippen LogP contribution in [0.5, 0.6) is 5.75 Å². The summed E-state index contributed by atoms with van der Waals surface area (Å²) in [4.78, 5) is 0.120. The van der Waals surface area contributed by atoms with E-state index in [1.807, 2.05) is 41.0 Å². The highest BCUT2D eigenvalue weighted by molar-refractivity contribution is 8.26. The fraction of sp³-hybridized carbons (Fsp3) is 0.412. The van der Waals surface area contributed by atoms with Crippen LogP contribution in [-0.2, 0) is 0 Å². The van der Waals surface area contributed by atoms with Gasteiger partial charge in [0.15, 0.2) is 5.82 Å². The van der Waals surface area contributed by atoms with E-state index in [0.29, 0.717) is 17.4 Å². The van der Waals surface area contributed by atoms with Gasteiger partial charge in [0, 0.05) is 5.41 Å². The highest BCUT2D eigenvalue weighted by Crippen LogP contribution is 2.54. The Kier molecular flexibility index (Phi) is 3.91. The van der Waals surface area contributed by atoms with Crippen molar-refractivity contribution in [3.63, 3.8) is 0 Å². The third-order valence-corrected chi connectivity index (χ3v) is 7.35. The molecular weight excluding hydrogens is 376 g/mol. The molecule has 0 amide bonds. The average Bonchev–Trinajstić information content (AvgIpc) is 3.27. The van der Waals surface area contributed by atoms with Crippen molar-refractivity contribution in [3.05, 3.63) is 40.5 Å². The van der Waals surface area contributed by atoms with E-state index >= 15 is 0 Å². The summed E-state index contributed by atoms with van der Waals surface area (Å²) in [6, 6.07) is 7.49. The van der Waals surface area contributed by atoms with Crippen LogP contribution >= 0.6 is 35.1 Å². The molecule has 0 bridgehead atoms. The van der Waals surface area contributed by atoms with Crippen LogP contribution < -0.4 is 4.74 Å². The van der Waals surface area contributed by atoms with Gasteiger partial charge in [-0.3, -0.25) is 0 Å². The van der Waals surface area contributed by atoms with Crippen LogP contribution in [0.1, 0.15) is 32.1 Å². The zero-order valence-corrected chi connectivity index (χ0v) is 15.9. The number of ether oxygens (including phenoxy) is 1. The van der Waals surface area contributed by atoms with Gasteiger partial charge in [0.25, 0.3) is 0 Å². The molecule has 5 nitrogen and oxygen atoms in total. The molecule has 1 saturated carbocycles. The quantitative estimate of drug-likeness (QED) is 0.733. The summed E-state index contributed by atoms with van der Waals surface area (Å²) in [6.45, 7) is 0.398. The highest BCUT2D eigenvalue weighted by Gasteiger charge is 2.50. The average molecular weight is 393 g/mol. The maximum atomic E-state index is 6.14. The zero-order valence-electron chi connectivity index (χ0n) is 13.5.